The van der Waals surface area contributed by atoms with Crippen LogP contribution in [-0.4, -0.2) is 44.0 Å². The third-order valence-corrected chi connectivity index (χ3v) is 6.22. The average Bonchev–Trinajstić information content (AvgIpc) is 3.47. The number of nitrogens with one attached hydrogen (secondary N) is 1. The molecule has 3 aromatic heterocycles. The predicted octanol–water partition coefficient (Wildman–Crippen LogP) is 4.94. The summed E-state index contributed by atoms with van der Waals surface area (Å²) in [6.07, 6.45) is 10.5. The minimum Gasteiger partial charge on any atom is -0.497 e. The summed E-state index contributed by atoms with van der Waals surface area (Å²) in [5.41, 5.74) is 4.31. The zero-order valence-electron chi connectivity index (χ0n) is 17.6. The number of hydrogen-bond acceptors (Lipinski definition) is 7. The maximum Gasteiger partial charge on any atom is 0.187 e. The van der Waals surface area contributed by atoms with E-state index in [1.54, 1.807) is 13.3 Å². The summed E-state index contributed by atoms with van der Waals surface area (Å²) in [7, 11) is 1.67. The van der Waals surface area contributed by atoms with Gasteiger partial charge in [0.2, 0.25) is 0 Å². The van der Waals surface area contributed by atoms with Crippen LogP contribution in [0.15, 0.2) is 53.9 Å². The van der Waals surface area contributed by atoms with Crippen molar-refractivity contribution in [3.8, 4) is 28.3 Å². The molecule has 158 valence electrons. The van der Waals surface area contributed by atoms with Gasteiger partial charge in [0.1, 0.15) is 17.3 Å². The maximum absolute atomic E-state index is 5.33. The number of hydrogen-bond donors (Lipinski definition) is 1. The second kappa shape index (κ2) is 8.55. The summed E-state index contributed by atoms with van der Waals surface area (Å²) < 4.78 is 7.24. The van der Waals surface area contributed by atoms with Gasteiger partial charge in [0, 0.05) is 24.0 Å². The molecule has 1 aliphatic carbocycles. The summed E-state index contributed by atoms with van der Waals surface area (Å²) in [5.74, 6) is 1.76. The maximum atomic E-state index is 5.33. The Morgan fingerprint density at radius 3 is 2.55 bits per heavy atom. The SMILES string of the molecule is COc1ccc(-c2nn3c(NC4CCCC4)ccnc3c2-c2ccnc(SC)n2)cc1. The zero-order chi connectivity index (χ0) is 21.2. The number of aromatic nitrogens is 5. The molecule has 0 atom stereocenters. The van der Waals surface area contributed by atoms with Crippen molar-refractivity contribution in [2.24, 2.45) is 0 Å². The zero-order valence-corrected chi connectivity index (χ0v) is 18.4. The number of anilines is 1. The Balaban J connectivity index is 1.70. The number of benzene rings is 1. The molecule has 1 aliphatic rings. The lowest BCUT2D eigenvalue weighted by atomic mass is 10.1. The van der Waals surface area contributed by atoms with Crippen LogP contribution in [0.25, 0.3) is 28.2 Å². The van der Waals surface area contributed by atoms with Gasteiger partial charge in [-0.1, -0.05) is 24.6 Å². The number of thioether (sulfide) groups is 1. The van der Waals surface area contributed by atoms with Crippen molar-refractivity contribution in [3.63, 3.8) is 0 Å². The van der Waals surface area contributed by atoms with E-state index in [4.69, 9.17) is 19.8 Å². The van der Waals surface area contributed by atoms with Crippen molar-refractivity contribution in [2.75, 3.05) is 18.7 Å². The summed E-state index contributed by atoms with van der Waals surface area (Å²) in [5, 5.41) is 9.39. The second-order valence-electron chi connectivity index (χ2n) is 7.57. The molecule has 1 aromatic carbocycles. The van der Waals surface area contributed by atoms with Crippen LogP contribution < -0.4 is 10.1 Å². The third-order valence-electron chi connectivity index (χ3n) is 5.66. The van der Waals surface area contributed by atoms with Gasteiger partial charge < -0.3 is 10.1 Å². The summed E-state index contributed by atoms with van der Waals surface area (Å²) in [6, 6.07) is 12.3. The highest BCUT2D eigenvalue weighted by molar-refractivity contribution is 7.98. The van der Waals surface area contributed by atoms with E-state index in [-0.39, 0.29) is 0 Å². The quantitative estimate of drug-likeness (QED) is 0.342. The van der Waals surface area contributed by atoms with Crippen molar-refractivity contribution in [2.45, 2.75) is 36.9 Å². The van der Waals surface area contributed by atoms with Gasteiger partial charge in [-0.3, -0.25) is 0 Å². The van der Waals surface area contributed by atoms with E-state index >= 15 is 0 Å². The molecule has 3 heterocycles. The first-order chi connectivity index (χ1) is 15.3. The van der Waals surface area contributed by atoms with Crippen LogP contribution in [0.2, 0.25) is 0 Å². The van der Waals surface area contributed by atoms with Crippen LogP contribution in [-0.2, 0) is 0 Å². The van der Waals surface area contributed by atoms with Crippen LogP contribution >= 0.6 is 11.8 Å². The molecule has 1 N–H and O–H groups in total. The summed E-state index contributed by atoms with van der Waals surface area (Å²) >= 11 is 1.52. The summed E-state index contributed by atoms with van der Waals surface area (Å²) in [4.78, 5) is 13.8. The first-order valence-corrected chi connectivity index (χ1v) is 11.7. The van der Waals surface area contributed by atoms with Crippen molar-refractivity contribution < 1.29 is 4.74 Å². The highest BCUT2D eigenvalue weighted by Crippen LogP contribution is 2.36. The van der Waals surface area contributed by atoms with Crippen LogP contribution in [0.5, 0.6) is 5.75 Å². The van der Waals surface area contributed by atoms with Crippen molar-refractivity contribution in [1.82, 2.24) is 24.6 Å². The van der Waals surface area contributed by atoms with Gasteiger partial charge in [0.05, 0.1) is 18.4 Å². The number of ether oxygens (including phenoxy) is 1. The Bertz CT molecular complexity index is 1200. The minimum atomic E-state index is 0.477. The Labute approximate surface area is 185 Å². The molecular formula is C23H24N6OS. The van der Waals surface area contributed by atoms with Crippen molar-refractivity contribution in [3.05, 3.63) is 48.8 Å². The summed E-state index contributed by atoms with van der Waals surface area (Å²) in [6.45, 7) is 0. The molecule has 1 fully saturated rings. The van der Waals surface area contributed by atoms with E-state index in [1.807, 2.05) is 53.4 Å². The van der Waals surface area contributed by atoms with E-state index in [1.165, 1.54) is 37.4 Å². The van der Waals surface area contributed by atoms with E-state index in [9.17, 15) is 0 Å². The first-order valence-electron chi connectivity index (χ1n) is 10.4. The van der Waals surface area contributed by atoms with E-state index in [2.05, 4.69) is 10.3 Å². The van der Waals surface area contributed by atoms with Crippen LogP contribution in [0, 0.1) is 0 Å². The van der Waals surface area contributed by atoms with Crippen LogP contribution in [0.4, 0.5) is 5.82 Å². The van der Waals surface area contributed by atoms with Crippen LogP contribution in [0.3, 0.4) is 0 Å². The number of methoxy groups -OCH3 is 1. The fourth-order valence-corrected chi connectivity index (χ4v) is 4.46. The molecule has 5 rings (SSSR count). The molecule has 0 saturated heterocycles. The fraction of sp³-hybridized carbons (Fsp3) is 0.304. The smallest absolute Gasteiger partial charge is 0.187 e. The van der Waals surface area contributed by atoms with Gasteiger partial charge in [-0.2, -0.15) is 9.61 Å². The molecule has 0 aliphatic heterocycles. The van der Waals surface area contributed by atoms with Crippen molar-refractivity contribution in [1.29, 1.82) is 0 Å². The third kappa shape index (κ3) is 3.83. The van der Waals surface area contributed by atoms with Gasteiger partial charge in [0.15, 0.2) is 10.8 Å². The molecule has 0 bridgehead atoms. The second-order valence-corrected chi connectivity index (χ2v) is 8.35. The lowest BCUT2D eigenvalue weighted by Crippen LogP contribution is -2.17. The normalized spacial score (nSPS) is 14.3. The largest absolute Gasteiger partial charge is 0.497 e. The molecule has 0 amide bonds. The van der Waals surface area contributed by atoms with E-state index in [0.29, 0.717) is 6.04 Å². The molecule has 1 saturated carbocycles. The molecule has 7 nitrogen and oxygen atoms in total. The monoisotopic (exact) mass is 432 g/mol. The molecule has 0 spiro atoms. The van der Waals surface area contributed by atoms with Gasteiger partial charge in [0.25, 0.3) is 0 Å². The topological polar surface area (TPSA) is 77.2 Å². The highest BCUT2D eigenvalue weighted by Gasteiger charge is 2.22. The van der Waals surface area contributed by atoms with Gasteiger partial charge in [-0.05, 0) is 55.5 Å². The number of rotatable bonds is 6. The molecule has 31 heavy (non-hydrogen) atoms. The minimum absolute atomic E-state index is 0.477. The van der Waals surface area contributed by atoms with Gasteiger partial charge in [-0.25, -0.2) is 15.0 Å². The Kier molecular flexibility index (Phi) is 5.46. The van der Waals surface area contributed by atoms with Crippen molar-refractivity contribution >= 4 is 23.2 Å². The van der Waals surface area contributed by atoms with Gasteiger partial charge in [-0.15, -0.1) is 0 Å². The first kappa shape index (κ1) is 19.8. The lowest BCUT2D eigenvalue weighted by Gasteiger charge is -2.14. The average molecular weight is 433 g/mol. The van der Waals surface area contributed by atoms with Crippen LogP contribution in [0.1, 0.15) is 25.7 Å². The Morgan fingerprint density at radius 2 is 1.81 bits per heavy atom. The fourth-order valence-electron chi connectivity index (χ4n) is 4.10. The Morgan fingerprint density at radius 1 is 1.03 bits per heavy atom. The Hall–Kier alpha value is -3.13. The van der Waals surface area contributed by atoms with Gasteiger partial charge >= 0.3 is 0 Å². The highest BCUT2D eigenvalue weighted by atomic mass is 32.2. The number of nitrogens with zero attached hydrogens (tertiary/aromatic N) is 5. The standard InChI is InChI=1S/C23H24N6OS/c1-30-17-9-7-15(8-10-17)21-20(18-11-13-25-23(27-18)31-2)22-24-14-12-19(29(22)28-21)26-16-5-3-4-6-16/h7-14,16,26H,3-6H2,1-2H3. The van der Waals surface area contributed by atoms with E-state index in [0.717, 1.165) is 44.9 Å². The molecule has 4 aromatic rings. The molecule has 8 heteroatoms. The number of fused-ring (bicyclic) bond motifs is 1. The molecular weight excluding hydrogens is 408 g/mol. The molecule has 0 radical (unpaired) electrons. The predicted molar refractivity (Wildman–Crippen MR) is 124 cm³/mol. The molecule has 0 unspecified atom stereocenters. The van der Waals surface area contributed by atoms with E-state index < -0.39 is 0 Å². The lowest BCUT2D eigenvalue weighted by molar-refractivity contribution is 0.415.